The molecule has 2 saturated heterocycles. The molecule has 2 bridgehead atoms. The molecular formula is C17H20N2O. The number of fused-ring (bicyclic) bond motifs is 3. The van der Waals surface area contributed by atoms with Crippen molar-refractivity contribution >= 4 is 10.9 Å². The van der Waals surface area contributed by atoms with Gasteiger partial charge in [-0.2, -0.15) is 0 Å². The molecule has 0 N–H and O–H groups in total. The molecule has 3 heteroatoms. The number of benzene rings is 1. The van der Waals surface area contributed by atoms with Crippen molar-refractivity contribution in [1.29, 1.82) is 0 Å². The van der Waals surface area contributed by atoms with Gasteiger partial charge in [0.15, 0.2) is 0 Å². The highest BCUT2D eigenvalue weighted by molar-refractivity contribution is 5.78. The Kier molecular flexibility index (Phi) is 2.88. The number of ether oxygens (including phenoxy) is 1. The maximum Gasteiger partial charge on any atom is 0.214 e. The van der Waals surface area contributed by atoms with Crippen molar-refractivity contribution in [2.45, 2.75) is 43.9 Å². The fourth-order valence-corrected chi connectivity index (χ4v) is 3.74. The normalized spacial score (nSPS) is 29.8. The molecule has 1 aromatic carbocycles. The van der Waals surface area contributed by atoms with Crippen molar-refractivity contribution in [3.63, 3.8) is 0 Å². The topological polar surface area (TPSA) is 25.4 Å². The summed E-state index contributed by atoms with van der Waals surface area (Å²) >= 11 is 0. The summed E-state index contributed by atoms with van der Waals surface area (Å²) < 4.78 is 6.15. The van der Waals surface area contributed by atoms with Crippen molar-refractivity contribution in [3.8, 4) is 5.88 Å². The van der Waals surface area contributed by atoms with Gasteiger partial charge in [0.05, 0.1) is 5.52 Å². The van der Waals surface area contributed by atoms with Gasteiger partial charge in [-0.15, -0.1) is 0 Å². The van der Waals surface area contributed by atoms with Gasteiger partial charge in [0.2, 0.25) is 5.88 Å². The molecule has 2 atom stereocenters. The first kappa shape index (κ1) is 12.2. The van der Waals surface area contributed by atoms with E-state index in [9.17, 15) is 0 Å². The van der Waals surface area contributed by atoms with Gasteiger partial charge in [0, 0.05) is 23.5 Å². The molecule has 0 amide bonds. The van der Waals surface area contributed by atoms with E-state index in [0.29, 0.717) is 18.2 Å². The van der Waals surface area contributed by atoms with E-state index in [4.69, 9.17) is 4.74 Å². The summed E-state index contributed by atoms with van der Waals surface area (Å²) in [7, 11) is 2.26. The quantitative estimate of drug-likeness (QED) is 0.836. The van der Waals surface area contributed by atoms with Gasteiger partial charge in [-0.25, -0.2) is 4.98 Å². The van der Waals surface area contributed by atoms with Crippen LogP contribution in [0.4, 0.5) is 0 Å². The molecule has 3 heterocycles. The lowest BCUT2D eigenvalue weighted by molar-refractivity contribution is 0.0635. The van der Waals surface area contributed by atoms with Gasteiger partial charge in [0.25, 0.3) is 0 Å². The van der Waals surface area contributed by atoms with Crippen LogP contribution in [0.15, 0.2) is 36.4 Å². The molecule has 0 spiro atoms. The first-order chi connectivity index (χ1) is 9.79. The summed E-state index contributed by atoms with van der Waals surface area (Å²) in [5, 5.41) is 1.17. The Morgan fingerprint density at radius 2 is 1.80 bits per heavy atom. The zero-order valence-corrected chi connectivity index (χ0v) is 11.8. The number of nitrogens with zero attached hydrogens (tertiary/aromatic N) is 2. The summed E-state index contributed by atoms with van der Waals surface area (Å²) in [6, 6.07) is 13.7. The zero-order chi connectivity index (χ0) is 13.5. The molecule has 2 aromatic rings. The van der Waals surface area contributed by atoms with Crippen LogP contribution in [-0.4, -0.2) is 35.1 Å². The van der Waals surface area contributed by atoms with E-state index in [-0.39, 0.29) is 0 Å². The van der Waals surface area contributed by atoms with Crippen LogP contribution in [-0.2, 0) is 0 Å². The monoisotopic (exact) mass is 268 g/mol. The number of pyridine rings is 1. The van der Waals surface area contributed by atoms with E-state index >= 15 is 0 Å². The Labute approximate surface area is 119 Å². The number of piperidine rings is 1. The first-order valence-corrected chi connectivity index (χ1v) is 7.54. The Bertz CT molecular complexity index is 613. The van der Waals surface area contributed by atoms with Crippen LogP contribution in [0, 0.1) is 0 Å². The second kappa shape index (κ2) is 4.74. The van der Waals surface area contributed by atoms with E-state index in [1.807, 2.05) is 24.3 Å². The molecule has 104 valence electrons. The van der Waals surface area contributed by atoms with Crippen molar-refractivity contribution in [1.82, 2.24) is 9.88 Å². The molecular weight excluding hydrogens is 248 g/mol. The molecule has 2 aliphatic rings. The van der Waals surface area contributed by atoms with E-state index in [1.165, 1.54) is 18.2 Å². The van der Waals surface area contributed by atoms with Crippen LogP contribution >= 0.6 is 0 Å². The highest BCUT2D eigenvalue weighted by Crippen LogP contribution is 2.35. The van der Waals surface area contributed by atoms with Crippen LogP contribution in [0.1, 0.15) is 25.7 Å². The lowest BCUT2D eigenvalue weighted by atomic mass is 10.0. The fourth-order valence-electron chi connectivity index (χ4n) is 3.74. The van der Waals surface area contributed by atoms with E-state index in [0.717, 1.165) is 24.2 Å². The van der Waals surface area contributed by atoms with Gasteiger partial charge in [-0.1, -0.05) is 18.2 Å². The number of hydrogen-bond donors (Lipinski definition) is 0. The Hall–Kier alpha value is -1.61. The third-order valence-electron chi connectivity index (χ3n) is 4.92. The molecule has 0 aliphatic carbocycles. The number of rotatable bonds is 2. The van der Waals surface area contributed by atoms with E-state index in [2.05, 4.69) is 29.1 Å². The van der Waals surface area contributed by atoms with E-state index < -0.39 is 0 Å². The minimum atomic E-state index is 0.331. The molecule has 20 heavy (non-hydrogen) atoms. The molecule has 0 saturated carbocycles. The molecule has 2 aliphatic heterocycles. The third-order valence-corrected chi connectivity index (χ3v) is 4.92. The minimum absolute atomic E-state index is 0.331. The highest BCUT2D eigenvalue weighted by atomic mass is 16.5. The van der Waals surface area contributed by atoms with E-state index in [1.54, 1.807) is 0 Å². The maximum atomic E-state index is 6.15. The lowest BCUT2D eigenvalue weighted by Gasteiger charge is -2.36. The summed E-state index contributed by atoms with van der Waals surface area (Å²) in [6.45, 7) is 0. The molecule has 1 aromatic heterocycles. The Morgan fingerprint density at radius 1 is 1.05 bits per heavy atom. The van der Waals surface area contributed by atoms with Crippen LogP contribution in [0.25, 0.3) is 10.9 Å². The van der Waals surface area contributed by atoms with Crippen LogP contribution in [0.3, 0.4) is 0 Å². The molecule has 3 nitrogen and oxygen atoms in total. The number of aromatic nitrogens is 1. The Balaban J connectivity index is 1.53. The van der Waals surface area contributed by atoms with Crippen molar-refractivity contribution < 1.29 is 4.74 Å². The predicted molar refractivity (Wildman–Crippen MR) is 80.0 cm³/mol. The van der Waals surface area contributed by atoms with Crippen LogP contribution in [0.2, 0.25) is 0 Å². The van der Waals surface area contributed by atoms with Gasteiger partial charge in [-0.05, 0) is 44.9 Å². The average Bonchev–Trinajstić information content (AvgIpc) is 2.70. The van der Waals surface area contributed by atoms with Crippen LogP contribution < -0.4 is 4.74 Å². The summed E-state index contributed by atoms with van der Waals surface area (Å²) in [5.74, 6) is 0.776. The SMILES string of the molecule is CN1C2CCC1CC(Oc1ccc3ccccc3n1)C2. The second-order valence-electron chi connectivity index (χ2n) is 6.10. The number of para-hydroxylation sites is 1. The fraction of sp³-hybridized carbons (Fsp3) is 0.471. The van der Waals surface area contributed by atoms with Crippen molar-refractivity contribution in [2.24, 2.45) is 0 Å². The average molecular weight is 268 g/mol. The predicted octanol–water partition coefficient (Wildman–Crippen LogP) is 3.24. The smallest absolute Gasteiger partial charge is 0.214 e. The standard InChI is InChI=1S/C17H20N2O/c1-19-13-7-8-14(19)11-15(10-13)20-17-9-6-12-4-2-3-5-16(12)18-17/h2-6,9,13-15H,7-8,10-11H2,1H3. The van der Waals surface area contributed by atoms with Gasteiger partial charge < -0.3 is 9.64 Å². The summed E-state index contributed by atoms with van der Waals surface area (Å²) in [4.78, 5) is 7.16. The third kappa shape index (κ3) is 2.06. The summed E-state index contributed by atoms with van der Waals surface area (Å²) in [5.41, 5.74) is 1.01. The number of hydrogen-bond acceptors (Lipinski definition) is 3. The highest BCUT2D eigenvalue weighted by Gasteiger charge is 2.39. The zero-order valence-electron chi connectivity index (χ0n) is 11.8. The van der Waals surface area contributed by atoms with Gasteiger partial charge >= 0.3 is 0 Å². The molecule has 2 unspecified atom stereocenters. The molecule has 0 radical (unpaired) electrons. The van der Waals surface area contributed by atoms with Gasteiger partial charge in [0.1, 0.15) is 6.10 Å². The van der Waals surface area contributed by atoms with Gasteiger partial charge in [-0.3, -0.25) is 0 Å². The maximum absolute atomic E-state index is 6.15. The van der Waals surface area contributed by atoms with Crippen molar-refractivity contribution in [3.05, 3.63) is 36.4 Å². The largest absolute Gasteiger partial charge is 0.474 e. The lowest BCUT2D eigenvalue weighted by Crippen LogP contribution is -2.43. The second-order valence-corrected chi connectivity index (χ2v) is 6.10. The van der Waals surface area contributed by atoms with Crippen LogP contribution in [0.5, 0.6) is 5.88 Å². The summed E-state index contributed by atoms with van der Waals surface area (Å²) in [6.07, 6.45) is 5.26. The Morgan fingerprint density at radius 3 is 2.60 bits per heavy atom. The molecule has 2 fully saturated rings. The minimum Gasteiger partial charge on any atom is -0.474 e. The van der Waals surface area contributed by atoms with Crippen molar-refractivity contribution in [2.75, 3.05) is 7.05 Å². The first-order valence-electron chi connectivity index (χ1n) is 7.54. The molecule has 4 rings (SSSR count).